The first kappa shape index (κ1) is 17.8. The predicted molar refractivity (Wildman–Crippen MR) is 94.6 cm³/mol. The number of aliphatic imine (C=N–C) groups is 1. The van der Waals surface area contributed by atoms with Crippen LogP contribution in [0, 0.1) is 0 Å². The number of nitrogens with one attached hydrogen (secondary N) is 1. The fourth-order valence-electron chi connectivity index (χ4n) is 3.10. The lowest BCUT2D eigenvalue weighted by atomic mass is 9.83. The second-order valence-electron chi connectivity index (χ2n) is 6.06. The molecule has 0 aromatic rings. The standard InChI is InChI=1S/C15H27N3O.HI/c1-12(2)10-17-14(16)18-11-13-6-9-15(19-13)7-4-3-5-8-15;/h13H,1,3-11H2,2H3,(H3,16,17,18);1H. The van der Waals surface area contributed by atoms with Gasteiger partial charge in [-0.3, -0.25) is 0 Å². The summed E-state index contributed by atoms with van der Waals surface area (Å²) in [5.41, 5.74) is 7.02. The molecule has 1 saturated heterocycles. The van der Waals surface area contributed by atoms with E-state index in [1.165, 1.54) is 38.5 Å². The van der Waals surface area contributed by atoms with Gasteiger partial charge in [-0.2, -0.15) is 0 Å². The third-order valence-electron chi connectivity index (χ3n) is 4.13. The first-order valence-corrected chi connectivity index (χ1v) is 7.46. The summed E-state index contributed by atoms with van der Waals surface area (Å²) in [6, 6.07) is 0. The molecule has 1 spiro atoms. The van der Waals surface area contributed by atoms with Gasteiger partial charge >= 0.3 is 0 Å². The Morgan fingerprint density at radius 2 is 2.05 bits per heavy atom. The zero-order valence-corrected chi connectivity index (χ0v) is 14.8. The summed E-state index contributed by atoms with van der Waals surface area (Å²) in [5, 5.41) is 3.16. The number of halogens is 1. The molecule has 1 aliphatic heterocycles. The van der Waals surface area contributed by atoms with Crippen molar-refractivity contribution in [1.82, 2.24) is 5.32 Å². The molecule has 116 valence electrons. The minimum atomic E-state index is 0. The highest BCUT2D eigenvalue weighted by molar-refractivity contribution is 14.0. The normalized spacial score (nSPS) is 25.2. The first-order valence-electron chi connectivity index (χ1n) is 7.46. The van der Waals surface area contributed by atoms with Crippen molar-refractivity contribution < 1.29 is 4.74 Å². The SMILES string of the molecule is C=C(C)CN=C(N)NCC1CCC2(CCCCC2)O1.I. The van der Waals surface area contributed by atoms with Gasteiger partial charge < -0.3 is 15.8 Å². The fraction of sp³-hybridized carbons (Fsp3) is 0.800. The lowest BCUT2D eigenvalue weighted by Gasteiger charge is -2.33. The van der Waals surface area contributed by atoms with Gasteiger partial charge in [0.2, 0.25) is 0 Å². The largest absolute Gasteiger partial charge is 0.370 e. The minimum absolute atomic E-state index is 0. The highest BCUT2D eigenvalue weighted by Gasteiger charge is 2.40. The molecule has 0 amide bonds. The highest BCUT2D eigenvalue weighted by atomic mass is 127. The van der Waals surface area contributed by atoms with Crippen molar-refractivity contribution >= 4 is 29.9 Å². The Morgan fingerprint density at radius 3 is 2.70 bits per heavy atom. The number of nitrogens with two attached hydrogens (primary N) is 1. The van der Waals surface area contributed by atoms with Gasteiger partial charge in [-0.1, -0.05) is 31.4 Å². The van der Waals surface area contributed by atoms with E-state index < -0.39 is 0 Å². The number of ether oxygens (including phenoxy) is 1. The summed E-state index contributed by atoms with van der Waals surface area (Å²) in [5.74, 6) is 0.496. The molecule has 0 aromatic heterocycles. The summed E-state index contributed by atoms with van der Waals surface area (Å²) in [4.78, 5) is 4.22. The van der Waals surface area contributed by atoms with Crippen LogP contribution in [0.25, 0.3) is 0 Å². The molecule has 0 bridgehead atoms. The van der Waals surface area contributed by atoms with Crippen LogP contribution in [-0.2, 0) is 4.74 Å². The molecular formula is C15H28IN3O. The van der Waals surface area contributed by atoms with E-state index in [1.807, 2.05) is 6.92 Å². The van der Waals surface area contributed by atoms with Gasteiger partial charge in [-0.25, -0.2) is 4.99 Å². The van der Waals surface area contributed by atoms with Crippen molar-refractivity contribution in [3.8, 4) is 0 Å². The Labute approximate surface area is 139 Å². The van der Waals surface area contributed by atoms with E-state index in [9.17, 15) is 0 Å². The van der Waals surface area contributed by atoms with Crippen LogP contribution in [0.15, 0.2) is 17.1 Å². The van der Waals surface area contributed by atoms with E-state index in [1.54, 1.807) is 0 Å². The quantitative estimate of drug-likeness (QED) is 0.334. The molecule has 1 heterocycles. The molecule has 4 nitrogen and oxygen atoms in total. The van der Waals surface area contributed by atoms with Crippen molar-refractivity contribution in [2.45, 2.75) is 63.6 Å². The summed E-state index contributed by atoms with van der Waals surface area (Å²) in [6.07, 6.45) is 9.13. The van der Waals surface area contributed by atoms with Crippen LogP contribution < -0.4 is 11.1 Å². The number of hydrogen-bond acceptors (Lipinski definition) is 2. The maximum Gasteiger partial charge on any atom is 0.188 e. The molecule has 20 heavy (non-hydrogen) atoms. The Bertz CT molecular complexity index is 351. The monoisotopic (exact) mass is 393 g/mol. The van der Waals surface area contributed by atoms with Gasteiger partial charge in [-0.15, -0.1) is 24.0 Å². The van der Waals surface area contributed by atoms with Crippen molar-refractivity contribution in [3.63, 3.8) is 0 Å². The van der Waals surface area contributed by atoms with Gasteiger partial charge in [0.05, 0.1) is 18.2 Å². The Kier molecular flexibility index (Phi) is 7.29. The lowest BCUT2D eigenvalue weighted by Crippen LogP contribution is -2.39. The summed E-state index contributed by atoms with van der Waals surface area (Å²) in [7, 11) is 0. The minimum Gasteiger partial charge on any atom is -0.370 e. The third-order valence-corrected chi connectivity index (χ3v) is 4.13. The summed E-state index contributed by atoms with van der Waals surface area (Å²) >= 11 is 0. The summed E-state index contributed by atoms with van der Waals surface area (Å²) < 4.78 is 6.28. The Hall–Kier alpha value is -0.300. The van der Waals surface area contributed by atoms with Gasteiger partial charge in [0, 0.05) is 6.54 Å². The lowest BCUT2D eigenvalue weighted by molar-refractivity contribution is -0.0612. The molecule has 1 saturated carbocycles. The Morgan fingerprint density at radius 1 is 1.35 bits per heavy atom. The van der Waals surface area contributed by atoms with Crippen LogP contribution in [0.3, 0.4) is 0 Å². The topological polar surface area (TPSA) is 59.6 Å². The smallest absolute Gasteiger partial charge is 0.188 e. The summed E-state index contributed by atoms with van der Waals surface area (Å²) in [6.45, 7) is 7.12. The van der Waals surface area contributed by atoms with E-state index in [4.69, 9.17) is 10.5 Å². The van der Waals surface area contributed by atoms with E-state index in [0.717, 1.165) is 18.5 Å². The van der Waals surface area contributed by atoms with Crippen molar-refractivity contribution in [3.05, 3.63) is 12.2 Å². The zero-order chi connectivity index (χ0) is 13.7. The van der Waals surface area contributed by atoms with E-state index in [-0.39, 0.29) is 35.7 Å². The first-order chi connectivity index (χ1) is 9.10. The zero-order valence-electron chi connectivity index (χ0n) is 12.5. The predicted octanol–water partition coefficient (Wildman–Crippen LogP) is 2.97. The van der Waals surface area contributed by atoms with Crippen molar-refractivity contribution in [2.75, 3.05) is 13.1 Å². The molecule has 1 unspecified atom stereocenters. The van der Waals surface area contributed by atoms with Crippen molar-refractivity contribution in [2.24, 2.45) is 10.7 Å². The van der Waals surface area contributed by atoms with Gasteiger partial charge in [-0.05, 0) is 32.6 Å². The molecule has 0 aromatic carbocycles. The van der Waals surface area contributed by atoms with Crippen LogP contribution >= 0.6 is 24.0 Å². The number of guanidine groups is 1. The van der Waals surface area contributed by atoms with Crippen molar-refractivity contribution in [1.29, 1.82) is 0 Å². The van der Waals surface area contributed by atoms with Crippen LogP contribution in [-0.4, -0.2) is 30.8 Å². The van der Waals surface area contributed by atoms with Gasteiger partial charge in [0.1, 0.15) is 0 Å². The van der Waals surface area contributed by atoms with Gasteiger partial charge in [0.25, 0.3) is 0 Å². The molecule has 0 radical (unpaired) electrons. The van der Waals surface area contributed by atoms with E-state index >= 15 is 0 Å². The average molecular weight is 393 g/mol. The molecule has 1 atom stereocenters. The number of hydrogen-bond donors (Lipinski definition) is 2. The van der Waals surface area contributed by atoms with Gasteiger partial charge in [0.15, 0.2) is 5.96 Å². The molecule has 5 heteroatoms. The maximum atomic E-state index is 6.28. The van der Waals surface area contributed by atoms with Crippen LogP contribution in [0.2, 0.25) is 0 Å². The van der Waals surface area contributed by atoms with Crippen LogP contribution in [0.5, 0.6) is 0 Å². The molecule has 1 aliphatic carbocycles. The molecule has 2 aliphatic rings. The fourth-order valence-corrected chi connectivity index (χ4v) is 3.10. The molecule has 2 rings (SSSR count). The Balaban J connectivity index is 0.00000200. The van der Waals surface area contributed by atoms with Crippen LogP contribution in [0.4, 0.5) is 0 Å². The van der Waals surface area contributed by atoms with E-state index in [2.05, 4.69) is 16.9 Å². The average Bonchev–Trinajstić information content (AvgIpc) is 2.78. The molecule has 2 fully saturated rings. The second-order valence-corrected chi connectivity index (χ2v) is 6.06. The highest BCUT2D eigenvalue weighted by Crippen LogP contribution is 2.41. The van der Waals surface area contributed by atoms with Crippen LogP contribution in [0.1, 0.15) is 51.9 Å². The number of nitrogens with zero attached hydrogens (tertiary/aromatic N) is 1. The maximum absolute atomic E-state index is 6.28. The molecular weight excluding hydrogens is 365 g/mol. The third kappa shape index (κ3) is 5.24. The second kappa shape index (κ2) is 8.22. The van der Waals surface area contributed by atoms with E-state index in [0.29, 0.717) is 12.5 Å². The number of rotatable bonds is 4. The molecule has 3 N–H and O–H groups in total.